The van der Waals surface area contributed by atoms with E-state index in [1.807, 2.05) is 0 Å². The van der Waals surface area contributed by atoms with Crippen molar-refractivity contribution in [1.29, 1.82) is 0 Å². The van der Waals surface area contributed by atoms with Gasteiger partial charge in [-0.3, -0.25) is 9.47 Å². The maximum Gasteiger partial charge on any atom is 0.261 e. The summed E-state index contributed by atoms with van der Waals surface area (Å²) in [6.07, 6.45) is 3.22. The summed E-state index contributed by atoms with van der Waals surface area (Å²) in [5.74, 6) is -0.298. The van der Waals surface area contributed by atoms with Gasteiger partial charge < -0.3 is 0 Å². The number of carbonyl (C=O) groups is 1. The fourth-order valence-electron chi connectivity index (χ4n) is 1.28. The molecule has 8 heteroatoms. The second kappa shape index (κ2) is 4.68. The van der Waals surface area contributed by atoms with Crippen molar-refractivity contribution in [3.63, 3.8) is 0 Å². The van der Waals surface area contributed by atoms with Gasteiger partial charge in [-0.05, 0) is 12.1 Å². The van der Waals surface area contributed by atoms with Crippen LogP contribution in [0.15, 0.2) is 35.4 Å². The predicted octanol–water partition coefficient (Wildman–Crippen LogP) is 0.569. The molecule has 17 heavy (non-hydrogen) atoms. The standard InChI is InChI=1S/C9H9N3O3S2/c13-8-12(11-3-1-2-4-11)17(14,15)6-9-5-16-7-10-9/h1-5,7-8H,6H2. The van der Waals surface area contributed by atoms with Crippen molar-refractivity contribution in [3.05, 3.63) is 41.1 Å². The van der Waals surface area contributed by atoms with Crippen LogP contribution < -0.4 is 4.41 Å². The van der Waals surface area contributed by atoms with Crippen molar-refractivity contribution >= 4 is 27.8 Å². The van der Waals surface area contributed by atoms with E-state index in [1.54, 1.807) is 23.0 Å². The third kappa shape index (κ3) is 2.53. The molecule has 90 valence electrons. The second-order valence-electron chi connectivity index (χ2n) is 3.18. The van der Waals surface area contributed by atoms with E-state index >= 15 is 0 Å². The van der Waals surface area contributed by atoms with E-state index in [1.165, 1.54) is 28.4 Å². The van der Waals surface area contributed by atoms with Crippen molar-refractivity contribution in [1.82, 2.24) is 9.66 Å². The van der Waals surface area contributed by atoms with E-state index in [2.05, 4.69) is 4.98 Å². The molecule has 0 saturated carbocycles. The first-order valence-corrected chi connectivity index (χ1v) is 7.16. The molecule has 0 fully saturated rings. The van der Waals surface area contributed by atoms with Gasteiger partial charge in [0, 0.05) is 17.8 Å². The van der Waals surface area contributed by atoms with Crippen LogP contribution in [0, 0.1) is 0 Å². The fourth-order valence-corrected chi connectivity index (χ4v) is 3.14. The molecule has 0 spiro atoms. The zero-order valence-corrected chi connectivity index (χ0v) is 10.3. The average molecular weight is 271 g/mol. The first-order valence-electron chi connectivity index (χ1n) is 4.61. The number of amides is 1. The predicted molar refractivity (Wildman–Crippen MR) is 63.5 cm³/mol. The molecule has 6 nitrogen and oxygen atoms in total. The van der Waals surface area contributed by atoms with Gasteiger partial charge in [-0.15, -0.1) is 15.8 Å². The molecular formula is C9H9N3O3S2. The molecule has 0 bridgehead atoms. The number of rotatable bonds is 5. The van der Waals surface area contributed by atoms with Crippen LogP contribution in [-0.4, -0.2) is 24.5 Å². The molecule has 0 unspecified atom stereocenters. The molecule has 0 N–H and O–H groups in total. The van der Waals surface area contributed by atoms with E-state index in [9.17, 15) is 13.2 Å². The molecular weight excluding hydrogens is 262 g/mol. The molecule has 2 aromatic heterocycles. The molecule has 0 aromatic carbocycles. The third-order valence-electron chi connectivity index (χ3n) is 2.01. The van der Waals surface area contributed by atoms with Gasteiger partial charge in [-0.1, -0.05) is 0 Å². The summed E-state index contributed by atoms with van der Waals surface area (Å²) >= 11 is 1.31. The van der Waals surface area contributed by atoms with Crippen molar-refractivity contribution in [2.75, 3.05) is 4.41 Å². The Morgan fingerprint density at radius 1 is 1.41 bits per heavy atom. The second-order valence-corrected chi connectivity index (χ2v) is 5.72. The van der Waals surface area contributed by atoms with Gasteiger partial charge in [0.1, 0.15) is 5.75 Å². The number of aromatic nitrogens is 2. The van der Waals surface area contributed by atoms with Crippen LogP contribution in [0.1, 0.15) is 5.69 Å². The Kier molecular flexibility index (Phi) is 3.25. The summed E-state index contributed by atoms with van der Waals surface area (Å²) < 4.78 is 25.8. The Morgan fingerprint density at radius 3 is 2.65 bits per heavy atom. The number of nitrogens with zero attached hydrogens (tertiary/aromatic N) is 3. The lowest BCUT2D eigenvalue weighted by Gasteiger charge is -2.17. The van der Waals surface area contributed by atoms with Gasteiger partial charge >= 0.3 is 0 Å². The average Bonchev–Trinajstić information content (AvgIpc) is 2.90. The number of hydrogen-bond donors (Lipinski definition) is 0. The maximum absolute atomic E-state index is 12.0. The number of thiazole rings is 1. The zero-order chi connectivity index (χ0) is 12.3. The van der Waals surface area contributed by atoms with Crippen LogP contribution >= 0.6 is 11.3 Å². The SMILES string of the molecule is O=CN(n1cccc1)S(=O)(=O)Cc1cscn1. The number of sulfonamides is 1. The van der Waals surface area contributed by atoms with Gasteiger partial charge in [-0.2, -0.15) is 0 Å². The normalized spacial score (nSPS) is 11.3. The minimum absolute atomic E-state index is 0.266. The molecule has 0 aliphatic carbocycles. The van der Waals surface area contributed by atoms with Gasteiger partial charge in [0.05, 0.1) is 11.2 Å². The highest BCUT2D eigenvalue weighted by Gasteiger charge is 2.22. The Hall–Kier alpha value is -1.67. The van der Waals surface area contributed by atoms with Gasteiger partial charge in [-0.25, -0.2) is 13.4 Å². The number of hydrogen-bond acceptors (Lipinski definition) is 5. The highest BCUT2D eigenvalue weighted by atomic mass is 32.2. The summed E-state index contributed by atoms with van der Waals surface area (Å²) in [7, 11) is -3.75. The molecule has 0 atom stereocenters. The van der Waals surface area contributed by atoms with Crippen molar-refractivity contribution in [2.45, 2.75) is 5.75 Å². The highest BCUT2D eigenvalue weighted by molar-refractivity contribution is 7.92. The van der Waals surface area contributed by atoms with Crippen LogP contribution in [0.2, 0.25) is 0 Å². The molecule has 0 radical (unpaired) electrons. The van der Waals surface area contributed by atoms with Gasteiger partial charge in [0.2, 0.25) is 6.41 Å². The summed E-state index contributed by atoms with van der Waals surface area (Å²) in [6.45, 7) is 0. The van der Waals surface area contributed by atoms with Crippen LogP contribution in [-0.2, 0) is 20.6 Å². The fraction of sp³-hybridized carbons (Fsp3) is 0.111. The Balaban J connectivity index is 2.28. The van der Waals surface area contributed by atoms with Crippen LogP contribution in [0.5, 0.6) is 0 Å². The summed E-state index contributed by atoms with van der Waals surface area (Å²) in [6, 6.07) is 3.27. The third-order valence-corrected chi connectivity index (χ3v) is 4.15. The smallest absolute Gasteiger partial charge is 0.261 e. The van der Waals surface area contributed by atoms with Gasteiger partial charge in [0.15, 0.2) is 0 Å². The monoisotopic (exact) mass is 271 g/mol. The van der Waals surface area contributed by atoms with Crippen molar-refractivity contribution in [3.8, 4) is 0 Å². The molecule has 0 aliphatic heterocycles. The van der Waals surface area contributed by atoms with Crippen molar-refractivity contribution in [2.24, 2.45) is 0 Å². The van der Waals surface area contributed by atoms with E-state index < -0.39 is 10.0 Å². The van der Waals surface area contributed by atoms with E-state index in [0.29, 0.717) is 10.1 Å². The molecule has 0 saturated heterocycles. The summed E-state index contributed by atoms with van der Waals surface area (Å²) in [4.78, 5) is 14.8. The topological polar surface area (TPSA) is 72.3 Å². The quantitative estimate of drug-likeness (QED) is 0.745. The van der Waals surface area contributed by atoms with Crippen LogP contribution in [0.3, 0.4) is 0 Å². The van der Waals surface area contributed by atoms with Crippen LogP contribution in [0.25, 0.3) is 0 Å². The first kappa shape index (κ1) is 11.8. The first-order chi connectivity index (χ1) is 8.13. The molecule has 1 amide bonds. The molecule has 0 aliphatic rings. The highest BCUT2D eigenvalue weighted by Crippen LogP contribution is 2.09. The minimum Gasteiger partial charge on any atom is -0.276 e. The minimum atomic E-state index is -3.75. The molecule has 2 heterocycles. The Labute approximate surface area is 102 Å². The molecule has 2 rings (SSSR count). The largest absolute Gasteiger partial charge is 0.276 e. The van der Waals surface area contributed by atoms with Crippen molar-refractivity contribution < 1.29 is 13.2 Å². The van der Waals surface area contributed by atoms with Gasteiger partial charge in [0.25, 0.3) is 10.0 Å². The Morgan fingerprint density at radius 2 is 2.12 bits per heavy atom. The maximum atomic E-state index is 12.0. The Bertz CT molecular complexity index is 575. The lowest BCUT2D eigenvalue weighted by molar-refractivity contribution is -0.107. The summed E-state index contributed by atoms with van der Waals surface area (Å²) in [5, 5.41) is 1.64. The lowest BCUT2D eigenvalue weighted by Crippen LogP contribution is -2.39. The number of carbonyl (C=O) groups excluding carboxylic acids is 1. The van der Waals surface area contributed by atoms with E-state index in [0.717, 1.165) is 0 Å². The molecule has 2 aromatic rings. The van der Waals surface area contributed by atoms with Crippen LogP contribution in [0.4, 0.5) is 0 Å². The van der Waals surface area contributed by atoms with E-state index in [-0.39, 0.29) is 12.2 Å². The van der Waals surface area contributed by atoms with E-state index in [4.69, 9.17) is 0 Å². The zero-order valence-electron chi connectivity index (χ0n) is 8.63. The lowest BCUT2D eigenvalue weighted by atomic mass is 10.6. The summed E-state index contributed by atoms with van der Waals surface area (Å²) in [5.41, 5.74) is 1.97.